The second kappa shape index (κ2) is 14.6. The van der Waals surface area contributed by atoms with Gasteiger partial charge in [-0.25, -0.2) is 0 Å². The highest BCUT2D eigenvalue weighted by molar-refractivity contribution is 6.08. The fourth-order valence-corrected chi connectivity index (χ4v) is 5.27. The number of unbranched alkanes of at least 4 members (excludes halogenated alkanes) is 7. The van der Waals surface area contributed by atoms with Crippen LogP contribution >= 0.6 is 0 Å². The number of benzene rings is 3. The monoisotopic (exact) mass is 554 g/mol. The Bertz CT molecular complexity index is 1300. The van der Waals surface area contributed by atoms with Gasteiger partial charge in [-0.1, -0.05) is 56.0 Å². The van der Waals surface area contributed by atoms with E-state index in [4.69, 9.17) is 11.5 Å². The second-order valence-corrected chi connectivity index (χ2v) is 11.3. The van der Waals surface area contributed by atoms with Gasteiger partial charge in [-0.3, -0.25) is 0 Å². The molecule has 1 aromatic heterocycles. The number of nitrogens with two attached hydrogens (primary N) is 2. The zero-order valence-corrected chi connectivity index (χ0v) is 24.7. The molecule has 0 atom stereocenters. The van der Waals surface area contributed by atoms with Crippen LogP contribution in [0.2, 0.25) is 0 Å². The standard InChI is InChI=1S/C32H43N4.2ClH/c1-36(2,3)22-14-9-7-5-4-6-8-13-21-35-31(26-15-11-10-12-16-26)24-30(34)28-20-18-25-17-19-27(33)23-29(25)32(28)35;;/h10-12,15-20,23-24,34H,4-9,13-14,21-22,33H2,1-3H3;2*1H/q+1;;/p-1. The van der Waals surface area contributed by atoms with Crippen LogP contribution in [0.25, 0.3) is 32.9 Å². The number of aromatic nitrogens is 1. The van der Waals surface area contributed by atoms with E-state index in [0.717, 1.165) is 34.2 Å². The number of pyridine rings is 1. The molecule has 0 spiro atoms. The summed E-state index contributed by atoms with van der Waals surface area (Å²) in [5, 5.41) is 3.47. The molecule has 0 unspecified atom stereocenters. The number of rotatable bonds is 12. The highest BCUT2D eigenvalue weighted by Crippen LogP contribution is 2.31. The lowest BCUT2D eigenvalue weighted by Gasteiger charge is -2.23. The largest absolute Gasteiger partial charge is 1.00 e. The first-order valence-electron chi connectivity index (χ1n) is 13.6. The number of nitrogen functional groups attached to an aromatic ring is 2. The van der Waals surface area contributed by atoms with E-state index in [0.29, 0.717) is 0 Å². The molecule has 0 amide bonds. The molecule has 4 nitrogen and oxygen atoms in total. The molecule has 3 aromatic carbocycles. The Balaban J connectivity index is 0.00000253. The van der Waals surface area contributed by atoms with E-state index in [1.54, 1.807) is 0 Å². The van der Waals surface area contributed by atoms with Crippen molar-refractivity contribution in [3.8, 4) is 11.3 Å². The summed E-state index contributed by atoms with van der Waals surface area (Å²) in [6.07, 6.45) is 10.5. The first-order valence-corrected chi connectivity index (χ1v) is 13.6. The quantitative estimate of drug-likeness (QED) is 0.0900. The topological polar surface area (TPSA) is 55.9 Å². The van der Waals surface area contributed by atoms with Crippen LogP contribution in [0.15, 0.2) is 66.7 Å². The van der Waals surface area contributed by atoms with Gasteiger partial charge in [-0.15, -0.1) is 0 Å². The van der Waals surface area contributed by atoms with Crippen LogP contribution in [-0.4, -0.2) is 32.2 Å². The molecule has 0 radical (unpaired) electrons. The van der Waals surface area contributed by atoms with Gasteiger partial charge in [-0.2, -0.15) is 4.57 Å². The minimum Gasteiger partial charge on any atom is -1.00 e. The molecule has 1 heterocycles. The first-order chi connectivity index (χ1) is 17.3. The van der Waals surface area contributed by atoms with Crippen molar-refractivity contribution >= 4 is 33.1 Å². The summed E-state index contributed by atoms with van der Waals surface area (Å²) in [5.41, 5.74) is 18.0. The zero-order valence-electron chi connectivity index (χ0n) is 23.2. The molecule has 0 aliphatic carbocycles. The molecule has 0 aliphatic rings. The fraction of sp³-hybridized carbons (Fsp3) is 0.406. The average molecular weight is 556 g/mol. The van der Waals surface area contributed by atoms with Gasteiger partial charge in [-0.05, 0) is 55.0 Å². The van der Waals surface area contributed by atoms with Gasteiger partial charge in [0.05, 0.1) is 44.1 Å². The molecule has 4 rings (SSSR count). The summed E-state index contributed by atoms with van der Waals surface area (Å²) >= 11 is 0. The van der Waals surface area contributed by atoms with Crippen LogP contribution in [-0.2, 0) is 6.54 Å². The van der Waals surface area contributed by atoms with Gasteiger partial charge in [0, 0.05) is 23.7 Å². The lowest BCUT2D eigenvalue weighted by Crippen LogP contribution is -3.00. The molecule has 0 aliphatic heterocycles. The third kappa shape index (κ3) is 8.23. The van der Waals surface area contributed by atoms with E-state index in [1.807, 2.05) is 6.07 Å². The number of aryl methyl sites for hydroxylation is 1. The summed E-state index contributed by atoms with van der Waals surface area (Å²) in [5.74, 6) is 0. The Kier molecular flexibility index (Phi) is 12.2. The highest BCUT2D eigenvalue weighted by Gasteiger charge is 2.22. The van der Waals surface area contributed by atoms with Gasteiger partial charge >= 0.3 is 0 Å². The molecule has 6 heteroatoms. The van der Waals surface area contributed by atoms with Crippen LogP contribution in [0, 0.1) is 0 Å². The predicted octanol–water partition coefficient (Wildman–Crippen LogP) is 0.947. The molecule has 4 aromatic rings. The first kappa shape index (κ1) is 31.7. The Morgan fingerprint density at radius 1 is 0.658 bits per heavy atom. The van der Waals surface area contributed by atoms with Crippen molar-refractivity contribution in [2.75, 3.05) is 39.2 Å². The fourth-order valence-electron chi connectivity index (χ4n) is 5.27. The van der Waals surface area contributed by atoms with E-state index in [1.165, 1.54) is 79.0 Å². The molecule has 0 saturated carbocycles. The van der Waals surface area contributed by atoms with Gasteiger partial charge < -0.3 is 40.8 Å². The molecule has 0 saturated heterocycles. The van der Waals surface area contributed by atoms with Gasteiger partial charge in [0.1, 0.15) is 6.54 Å². The minimum atomic E-state index is 0. The normalized spacial score (nSPS) is 11.3. The number of halogens is 2. The zero-order chi connectivity index (χ0) is 25.5. The Labute approximate surface area is 241 Å². The van der Waals surface area contributed by atoms with Crippen LogP contribution in [0.3, 0.4) is 0 Å². The number of nitrogens with zero attached hydrogens (tertiary/aromatic N) is 2. The van der Waals surface area contributed by atoms with Crippen LogP contribution in [0.1, 0.15) is 51.4 Å². The van der Waals surface area contributed by atoms with Crippen LogP contribution in [0.4, 0.5) is 11.4 Å². The maximum atomic E-state index is 6.61. The van der Waals surface area contributed by atoms with Crippen molar-refractivity contribution in [3.63, 3.8) is 0 Å². The summed E-state index contributed by atoms with van der Waals surface area (Å²) < 4.78 is 3.55. The highest BCUT2D eigenvalue weighted by atomic mass is 35.5. The SMILES string of the molecule is C[N+](C)(C)CCCCCCCCCC[n+]1c(-c2ccccc2)cc(N)c2ccc3ccc(N)cc3c21.[Cl-].[Cl-]. The number of quaternary nitrogens is 1. The van der Waals surface area contributed by atoms with Crippen LogP contribution in [0.5, 0.6) is 0 Å². The van der Waals surface area contributed by atoms with Gasteiger partial charge in [0.15, 0.2) is 0 Å². The minimum absolute atomic E-state index is 0. The predicted molar refractivity (Wildman–Crippen MR) is 156 cm³/mol. The molecular weight excluding hydrogens is 511 g/mol. The lowest BCUT2D eigenvalue weighted by molar-refractivity contribution is -0.870. The van der Waals surface area contributed by atoms with Crippen LogP contribution < -0.4 is 40.8 Å². The average Bonchev–Trinajstić information content (AvgIpc) is 2.85. The molecule has 38 heavy (non-hydrogen) atoms. The molecular formula is C32H44Cl2N4. The van der Waals surface area contributed by atoms with Crippen molar-refractivity contribution in [1.82, 2.24) is 0 Å². The van der Waals surface area contributed by atoms with Gasteiger partial charge in [0.2, 0.25) is 11.2 Å². The van der Waals surface area contributed by atoms with E-state index < -0.39 is 0 Å². The van der Waals surface area contributed by atoms with Gasteiger partial charge in [0.25, 0.3) is 0 Å². The van der Waals surface area contributed by atoms with Crippen molar-refractivity contribution in [2.24, 2.45) is 0 Å². The maximum Gasteiger partial charge on any atom is 0.223 e. The van der Waals surface area contributed by atoms with Crippen molar-refractivity contribution < 1.29 is 33.9 Å². The number of anilines is 2. The summed E-state index contributed by atoms with van der Waals surface area (Å²) in [7, 11) is 6.84. The van der Waals surface area contributed by atoms with E-state index >= 15 is 0 Å². The molecule has 206 valence electrons. The molecule has 0 bridgehead atoms. The Morgan fingerprint density at radius 2 is 1.26 bits per heavy atom. The third-order valence-electron chi connectivity index (χ3n) is 7.21. The number of hydrogen-bond acceptors (Lipinski definition) is 2. The Morgan fingerprint density at radius 3 is 1.92 bits per heavy atom. The second-order valence-electron chi connectivity index (χ2n) is 11.3. The third-order valence-corrected chi connectivity index (χ3v) is 7.21. The summed E-state index contributed by atoms with van der Waals surface area (Å²) in [6.45, 7) is 2.25. The number of hydrogen-bond donors (Lipinski definition) is 2. The van der Waals surface area contributed by atoms with E-state index in [-0.39, 0.29) is 24.8 Å². The molecule has 4 N–H and O–H groups in total. The van der Waals surface area contributed by atoms with Crippen molar-refractivity contribution in [3.05, 3.63) is 66.7 Å². The smallest absolute Gasteiger partial charge is 0.223 e. The summed E-state index contributed by atoms with van der Waals surface area (Å²) in [4.78, 5) is 0. The lowest BCUT2D eigenvalue weighted by atomic mass is 10.0. The van der Waals surface area contributed by atoms with Crippen molar-refractivity contribution in [2.45, 2.75) is 57.9 Å². The maximum absolute atomic E-state index is 6.61. The Hall–Kier alpha value is -2.53. The van der Waals surface area contributed by atoms with E-state index in [9.17, 15) is 0 Å². The summed E-state index contributed by atoms with van der Waals surface area (Å²) in [6, 6.07) is 23.3. The molecule has 0 fully saturated rings. The van der Waals surface area contributed by atoms with E-state index in [2.05, 4.69) is 86.4 Å². The van der Waals surface area contributed by atoms with Crippen molar-refractivity contribution in [1.29, 1.82) is 0 Å². The number of fused-ring (bicyclic) bond motifs is 3.